The van der Waals surface area contributed by atoms with Crippen LogP contribution in [0.4, 0.5) is 34.1 Å². The van der Waals surface area contributed by atoms with Gasteiger partial charge in [0.1, 0.15) is 0 Å². The molecule has 16 aromatic carbocycles. The van der Waals surface area contributed by atoms with E-state index in [1.807, 2.05) is 0 Å². The van der Waals surface area contributed by atoms with Crippen molar-refractivity contribution in [2.24, 2.45) is 0 Å². The van der Waals surface area contributed by atoms with Crippen molar-refractivity contribution in [1.82, 2.24) is 9.13 Å². The summed E-state index contributed by atoms with van der Waals surface area (Å²) in [6.45, 7) is 13.9. The lowest BCUT2D eigenvalue weighted by Gasteiger charge is -2.46. The third-order valence-corrected chi connectivity index (χ3v) is 22.9. The van der Waals surface area contributed by atoms with Crippen molar-refractivity contribution >= 4 is 101 Å². The fraction of sp³-hybridized carbons (Fsp3) is 0.0769. The molecule has 20 rings (SSSR count). The Kier molecular flexibility index (Phi) is 15.5. The lowest BCUT2D eigenvalue weighted by Crippen LogP contribution is -2.61. The van der Waals surface area contributed by atoms with Gasteiger partial charge in [-0.2, -0.15) is 0 Å². The standard InChI is InChI=1S/C104H79BN4/c1-103(2,3)78-62-86(70-37-17-9-18-38-70)101(87(63-78)71-39-19-10-20-40-71)108-96-66-80(106-92-49-29-25-45-82(92)83-46-26-30-50-93(83)106)53-55-90(96)105-91-56-54-81(107-94-51-31-27-47-84(94)85-48-28-32-52-95(85)107)67-97(91)109(102-88(72-41-21-11-22-42-72)64-79(104(4,5)6)65-89(102)73-43-23-12-24-44-73)99-61-77(60-98(108)100(99)105)76-58-74(68-33-13-7-14-34-68)57-75(59-76)69-35-15-8-16-36-69/h7-67H,1-6H3. The van der Waals surface area contributed by atoms with Crippen molar-refractivity contribution in [1.29, 1.82) is 0 Å². The average Bonchev–Trinajstić information content (AvgIpc) is 1.17. The van der Waals surface area contributed by atoms with Gasteiger partial charge in [0.2, 0.25) is 0 Å². The molecule has 5 heteroatoms. The highest BCUT2D eigenvalue weighted by atomic mass is 15.2. The van der Waals surface area contributed by atoms with Crippen molar-refractivity contribution < 1.29 is 0 Å². The van der Waals surface area contributed by atoms with E-state index in [1.54, 1.807) is 0 Å². The van der Waals surface area contributed by atoms with Crippen LogP contribution in [0.25, 0.3) is 133 Å². The molecule has 0 N–H and O–H groups in total. The van der Waals surface area contributed by atoms with E-state index in [4.69, 9.17) is 0 Å². The van der Waals surface area contributed by atoms with Crippen LogP contribution >= 0.6 is 0 Å². The summed E-state index contributed by atoms with van der Waals surface area (Å²) in [5, 5.41) is 4.87. The number of aromatic nitrogens is 2. The van der Waals surface area contributed by atoms with Crippen LogP contribution in [0.5, 0.6) is 0 Å². The van der Waals surface area contributed by atoms with E-state index >= 15 is 0 Å². The van der Waals surface area contributed by atoms with E-state index in [2.05, 4.69) is 431 Å². The van der Waals surface area contributed by atoms with E-state index in [9.17, 15) is 0 Å². The van der Waals surface area contributed by atoms with E-state index in [0.717, 1.165) is 145 Å². The summed E-state index contributed by atoms with van der Waals surface area (Å²) < 4.78 is 5.01. The molecule has 0 radical (unpaired) electrons. The Bertz CT molecular complexity index is 5980. The molecule has 0 aliphatic carbocycles. The number of nitrogens with zero attached hydrogens (tertiary/aromatic N) is 4. The molecule has 4 nitrogen and oxygen atoms in total. The summed E-state index contributed by atoms with van der Waals surface area (Å²) in [6, 6.07) is 140. The van der Waals surface area contributed by atoms with E-state index in [0.29, 0.717) is 0 Å². The predicted molar refractivity (Wildman–Crippen MR) is 465 cm³/mol. The summed E-state index contributed by atoms with van der Waals surface area (Å²) >= 11 is 0. The van der Waals surface area contributed by atoms with Gasteiger partial charge < -0.3 is 18.9 Å². The molecule has 109 heavy (non-hydrogen) atoms. The van der Waals surface area contributed by atoms with Crippen LogP contribution in [0.2, 0.25) is 0 Å². The summed E-state index contributed by atoms with van der Waals surface area (Å²) in [5.74, 6) is 0. The van der Waals surface area contributed by atoms with Crippen molar-refractivity contribution in [3.05, 3.63) is 381 Å². The van der Waals surface area contributed by atoms with Gasteiger partial charge in [0.25, 0.3) is 6.71 Å². The van der Waals surface area contributed by atoms with Gasteiger partial charge in [0, 0.05) is 77.9 Å². The quantitative estimate of drug-likeness (QED) is 0.120. The molecule has 0 unspecified atom stereocenters. The Hall–Kier alpha value is -13.2. The SMILES string of the molecule is CC(C)(C)c1cc(-c2ccccc2)c(N2c3cc(-n4c5ccccc5c5ccccc54)ccc3B3c4ccc(-n5c6ccccc6c6ccccc65)cc4N(c4c(-c5ccccc5)cc(C(C)(C)C)cc4-c4ccccc4)c4cc(-c5cc(-c6ccccc6)cc(-c6ccccc6)c5)cc2c43)c(-c2ccccc2)c1. The van der Waals surface area contributed by atoms with Crippen molar-refractivity contribution in [2.75, 3.05) is 9.80 Å². The minimum Gasteiger partial charge on any atom is -0.310 e. The van der Waals surface area contributed by atoms with Crippen LogP contribution in [0.15, 0.2) is 370 Å². The molecule has 0 bridgehead atoms. The summed E-state index contributed by atoms with van der Waals surface area (Å²) in [7, 11) is 0. The van der Waals surface area contributed by atoms with Crippen molar-refractivity contribution in [3.8, 4) is 89.3 Å². The zero-order chi connectivity index (χ0) is 73.2. The Labute approximate surface area is 638 Å². The molecule has 2 aromatic heterocycles. The molecule has 4 heterocycles. The smallest absolute Gasteiger partial charge is 0.252 e. The molecule has 0 spiro atoms. The van der Waals surface area contributed by atoms with E-state index in [-0.39, 0.29) is 17.5 Å². The number of benzene rings is 16. The van der Waals surface area contributed by atoms with Gasteiger partial charge in [0.15, 0.2) is 0 Å². The van der Waals surface area contributed by atoms with Gasteiger partial charge in [-0.3, -0.25) is 0 Å². The minimum absolute atomic E-state index is 0.225. The van der Waals surface area contributed by atoms with Gasteiger partial charge in [-0.15, -0.1) is 0 Å². The maximum atomic E-state index is 2.73. The van der Waals surface area contributed by atoms with Crippen LogP contribution in [0.1, 0.15) is 52.7 Å². The maximum absolute atomic E-state index is 2.73. The first kappa shape index (κ1) is 65.3. The normalized spacial score (nSPS) is 12.6. The van der Waals surface area contributed by atoms with Crippen LogP contribution in [0.3, 0.4) is 0 Å². The first-order chi connectivity index (χ1) is 53.4. The highest BCUT2D eigenvalue weighted by Gasteiger charge is 2.46. The summed E-state index contributed by atoms with van der Waals surface area (Å²) in [5.41, 5.74) is 35.0. The summed E-state index contributed by atoms with van der Waals surface area (Å²) in [4.78, 5) is 5.47. The third kappa shape index (κ3) is 11.0. The lowest BCUT2D eigenvalue weighted by atomic mass is 9.33. The second-order valence-corrected chi connectivity index (χ2v) is 31.6. The Morgan fingerprint density at radius 2 is 0.477 bits per heavy atom. The molecule has 2 aliphatic rings. The Balaban J connectivity index is 1.00. The van der Waals surface area contributed by atoms with Crippen LogP contribution in [0, 0.1) is 0 Å². The Morgan fingerprint density at radius 1 is 0.220 bits per heavy atom. The highest BCUT2D eigenvalue weighted by molar-refractivity contribution is 7.00. The van der Waals surface area contributed by atoms with Gasteiger partial charge in [-0.05, 0) is 197 Å². The Morgan fingerprint density at radius 3 is 0.771 bits per heavy atom. The first-order valence-electron chi connectivity index (χ1n) is 38.2. The monoisotopic (exact) mass is 1390 g/mol. The van der Waals surface area contributed by atoms with Crippen LogP contribution in [-0.4, -0.2) is 15.8 Å². The molecule has 0 saturated carbocycles. The molecule has 0 atom stereocenters. The second-order valence-electron chi connectivity index (χ2n) is 31.6. The molecule has 518 valence electrons. The van der Waals surface area contributed by atoms with Crippen molar-refractivity contribution in [2.45, 2.75) is 52.4 Å². The van der Waals surface area contributed by atoms with Crippen LogP contribution < -0.4 is 26.2 Å². The highest BCUT2D eigenvalue weighted by Crippen LogP contribution is 2.56. The lowest BCUT2D eigenvalue weighted by molar-refractivity contribution is 0.590. The average molecular weight is 1400 g/mol. The molecule has 2 aliphatic heterocycles. The molecule has 0 fully saturated rings. The minimum atomic E-state index is -0.296. The van der Waals surface area contributed by atoms with Gasteiger partial charge in [-0.1, -0.05) is 308 Å². The number of anilines is 6. The molecule has 0 amide bonds. The number of para-hydroxylation sites is 4. The van der Waals surface area contributed by atoms with Gasteiger partial charge in [0.05, 0.1) is 33.4 Å². The summed E-state index contributed by atoms with van der Waals surface area (Å²) in [6.07, 6.45) is 0. The maximum Gasteiger partial charge on any atom is 0.252 e. The van der Waals surface area contributed by atoms with E-state index in [1.165, 1.54) is 49.1 Å². The number of hydrogen-bond acceptors (Lipinski definition) is 2. The molecular weight excluding hydrogens is 1320 g/mol. The number of rotatable bonds is 11. The van der Waals surface area contributed by atoms with Crippen LogP contribution in [-0.2, 0) is 10.8 Å². The fourth-order valence-electron chi connectivity index (χ4n) is 17.7. The fourth-order valence-corrected chi connectivity index (χ4v) is 17.7. The molecular formula is C104H79BN4. The zero-order valence-electron chi connectivity index (χ0n) is 62.1. The number of hydrogen-bond donors (Lipinski definition) is 0. The zero-order valence-corrected chi connectivity index (χ0v) is 62.1. The number of fused-ring (bicyclic) bond motifs is 10. The largest absolute Gasteiger partial charge is 0.310 e. The third-order valence-electron chi connectivity index (χ3n) is 22.9. The predicted octanol–water partition coefficient (Wildman–Crippen LogP) is 26.2. The molecule has 18 aromatic rings. The van der Waals surface area contributed by atoms with Gasteiger partial charge in [-0.25, -0.2) is 0 Å². The first-order valence-corrected chi connectivity index (χ1v) is 38.2. The molecule has 0 saturated heterocycles. The second kappa shape index (κ2) is 25.8. The topological polar surface area (TPSA) is 16.3 Å². The van der Waals surface area contributed by atoms with Gasteiger partial charge >= 0.3 is 0 Å². The van der Waals surface area contributed by atoms with E-state index < -0.39 is 0 Å². The van der Waals surface area contributed by atoms with Crippen molar-refractivity contribution in [3.63, 3.8) is 0 Å².